The number of amides is 1. The molecule has 1 N–H and O–H groups in total. The molecule has 2 aromatic rings. The number of anilines is 1. The number of nitrogens with one attached hydrogen (secondary N) is 1. The van der Waals surface area contributed by atoms with E-state index in [-0.39, 0.29) is 5.91 Å². The second kappa shape index (κ2) is 7.00. The van der Waals surface area contributed by atoms with Gasteiger partial charge in [-0.1, -0.05) is 37.3 Å². The maximum atomic E-state index is 12.2. The highest BCUT2D eigenvalue weighted by Gasteiger charge is 2.14. The average molecular weight is 291 g/mol. The summed E-state index contributed by atoms with van der Waals surface area (Å²) in [6.45, 7) is 4.61. The van der Waals surface area contributed by atoms with Crippen molar-refractivity contribution in [3.05, 3.63) is 34.8 Å². The van der Waals surface area contributed by atoms with E-state index in [4.69, 9.17) is 4.74 Å². The summed E-state index contributed by atoms with van der Waals surface area (Å²) in [5, 5.41) is 12.1. The molecule has 0 spiro atoms. The van der Waals surface area contributed by atoms with Crippen LogP contribution in [-0.4, -0.2) is 22.7 Å². The molecular weight excluding hydrogens is 274 g/mol. The van der Waals surface area contributed by atoms with Crippen molar-refractivity contribution in [2.24, 2.45) is 0 Å². The van der Waals surface area contributed by atoms with Crippen LogP contribution in [0.1, 0.15) is 35.6 Å². The first-order valence-corrected chi connectivity index (χ1v) is 7.41. The lowest BCUT2D eigenvalue weighted by atomic mass is 10.2. The van der Waals surface area contributed by atoms with Crippen LogP contribution in [0.15, 0.2) is 24.3 Å². The summed E-state index contributed by atoms with van der Waals surface area (Å²) in [4.78, 5) is 12.2. The Hall–Kier alpha value is -1.95. The van der Waals surface area contributed by atoms with Crippen molar-refractivity contribution in [2.45, 2.75) is 26.7 Å². The van der Waals surface area contributed by atoms with Gasteiger partial charge in [-0.3, -0.25) is 10.1 Å². The molecule has 1 amide bonds. The number of hydrogen-bond donors (Lipinski definition) is 1. The summed E-state index contributed by atoms with van der Waals surface area (Å²) in [6.07, 6.45) is 1.70. The van der Waals surface area contributed by atoms with Gasteiger partial charge in [0.1, 0.15) is 10.8 Å². The van der Waals surface area contributed by atoms with Crippen LogP contribution in [0.3, 0.4) is 0 Å². The molecule has 0 unspecified atom stereocenters. The first-order valence-electron chi connectivity index (χ1n) is 6.60. The van der Waals surface area contributed by atoms with Crippen LogP contribution in [0.2, 0.25) is 0 Å². The molecule has 6 heteroatoms. The van der Waals surface area contributed by atoms with Gasteiger partial charge in [-0.25, -0.2) is 0 Å². The Balaban J connectivity index is 2.12. The van der Waals surface area contributed by atoms with Crippen LogP contribution in [-0.2, 0) is 6.42 Å². The Bertz CT molecular complexity index is 583. The van der Waals surface area contributed by atoms with Gasteiger partial charge < -0.3 is 4.74 Å². The quantitative estimate of drug-likeness (QED) is 0.888. The molecule has 0 saturated carbocycles. The molecule has 0 radical (unpaired) electrons. The molecule has 1 aromatic carbocycles. The Kier molecular flexibility index (Phi) is 5.06. The molecule has 0 aliphatic heterocycles. The number of aromatic nitrogens is 2. The third-order valence-corrected chi connectivity index (χ3v) is 3.57. The zero-order valence-electron chi connectivity index (χ0n) is 11.5. The molecular formula is C14H17N3O2S. The molecule has 1 heterocycles. The molecule has 0 aliphatic carbocycles. The first kappa shape index (κ1) is 14.5. The third kappa shape index (κ3) is 3.54. The smallest absolute Gasteiger partial charge is 0.261 e. The van der Waals surface area contributed by atoms with E-state index in [2.05, 4.69) is 15.5 Å². The van der Waals surface area contributed by atoms with Gasteiger partial charge in [-0.05, 0) is 25.0 Å². The summed E-state index contributed by atoms with van der Waals surface area (Å²) in [7, 11) is 0. The van der Waals surface area contributed by atoms with Crippen molar-refractivity contribution < 1.29 is 9.53 Å². The molecule has 5 nitrogen and oxygen atoms in total. The molecule has 0 atom stereocenters. The number of ether oxygens (including phenoxy) is 1. The van der Waals surface area contributed by atoms with Crippen molar-refractivity contribution in [3.8, 4) is 5.75 Å². The number of benzene rings is 1. The third-order valence-electron chi connectivity index (χ3n) is 2.58. The molecule has 20 heavy (non-hydrogen) atoms. The van der Waals surface area contributed by atoms with Crippen LogP contribution in [0.4, 0.5) is 5.13 Å². The van der Waals surface area contributed by atoms with Crippen molar-refractivity contribution in [1.82, 2.24) is 10.2 Å². The predicted octanol–water partition coefficient (Wildman–Crippen LogP) is 3.14. The molecule has 0 fully saturated rings. The highest BCUT2D eigenvalue weighted by molar-refractivity contribution is 7.15. The van der Waals surface area contributed by atoms with Gasteiger partial charge in [-0.15, -0.1) is 10.2 Å². The van der Waals surface area contributed by atoms with Crippen molar-refractivity contribution in [1.29, 1.82) is 0 Å². The first-order chi connectivity index (χ1) is 9.74. The van der Waals surface area contributed by atoms with Gasteiger partial charge in [0.25, 0.3) is 5.91 Å². The van der Waals surface area contributed by atoms with Crippen molar-refractivity contribution in [3.63, 3.8) is 0 Å². The zero-order chi connectivity index (χ0) is 14.4. The monoisotopic (exact) mass is 291 g/mol. The lowest BCUT2D eigenvalue weighted by Crippen LogP contribution is -2.13. The fraction of sp³-hybridized carbons (Fsp3) is 0.357. The maximum absolute atomic E-state index is 12.2. The minimum absolute atomic E-state index is 0.226. The number of carbonyl (C=O) groups is 1. The Morgan fingerprint density at radius 1 is 1.30 bits per heavy atom. The van der Waals surface area contributed by atoms with E-state index in [1.807, 2.05) is 26.0 Å². The Morgan fingerprint density at radius 2 is 2.10 bits per heavy atom. The molecule has 1 aromatic heterocycles. The molecule has 2 rings (SSSR count). The van der Waals surface area contributed by atoms with Gasteiger partial charge in [0.15, 0.2) is 0 Å². The minimum atomic E-state index is -0.226. The van der Waals surface area contributed by atoms with Gasteiger partial charge in [0, 0.05) is 0 Å². The SMILES string of the molecule is CCCOc1ccccc1C(=O)Nc1nnc(CC)s1. The molecule has 106 valence electrons. The van der Waals surface area contributed by atoms with E-state index in [0.717, 1.165) is 17.8 Å². The highest BCUT2D eigenvalue weighted by atomic mass is 32.1. The van der Waals surface area contributed by atoms with Gasteiger partial charge >= 0.3 is 0 Å². The largest absolute Gasteiger partial charge is 0.493 e. The van der Waals surface area contributed by atoms with E-state index >= 15 is 0 Å². The second-order valence-corrected chi connectivity index (χ2v) is 5.22. The van der Waals surface area contributed by atoms with Crippen LogP contribution in [0.5, 0.6) is 5.75 Å². The number of nitrogens with zero attached hydrogens (tertiary/aromatic N) is 2. The van der Waals surface area contributed by atoms with E-state index in [1.54, 1.807) is 12.1 Å². The number of carbonyl (C=O) groups excluding carboxylic acids is 1. The second-order valence-electron chi connectivity index (χ2n) is 4.15. The van der Waals surface area contributed by atoms with Gasteiger partial charge in [0.2, 0.25) is 5.13 Å². The van der Waals surface area contributed by atoms with Crippen LogP contribution in [0, 0.1) is 0 Å². The fourth-order valence-electron chi connectivity index (χ4n) is 1.60. The summed E-state index contributed by atoms with van der Waals surface area (Å²) < 4.78 is 5.58. The standard InChI is InChI=1S/C14H17N3O2S/c1-3-9-19-11-8-6-5-7-10(11)13(18)15-14-17-16-12(4-2)20-14/h5-8H,3-4,9H2,1-2H3,(H,15,17,18). The summed E-state index contributed by atoms with van der Waals surface area (Å²) >= 11 is 1.38. The van der Waals surface area contributed by atoms with Crippen LogP contribution >= 0.6 is 11.3 Å². The topological polar surface area (TPSA) is 64.1 Å². The Morgan fingerprint density at radius 3 is 2.80 bits per heavy atom. The van der Waals surface area contributed by atoms with Crippen LogP contribution < -0.4 is 10.1 Å². The molecule has 0 aliphatic rings. The van der Waals surface area contributed by atoms with Gasteiger partial charge in [-0.2, -0.15) is 0 Å². The number of aryl methyl sites for hydroxylation is 1. The van der Waals surface area contributed by atoms with Gasteiger partial charge in [0.05, 0.1) is 12.2 Å². The van der Waals surface area contributed by atoms with Crippen molar-refractivity contribution >= 4 is 22.4 Å². The van der Waals surface area contributed by atoms with E-state index in [9.17, 15) is 4.79 Å². The summed E-state index contributed by atoms with van der Waals surface area (Å²) in [5.41, 5.74) is 0.509. The summed E-state index contributed by atoms with van der Waals surface area (Å²) in [5.74, 6) is 0.364. The average Bonchev–Trinajstić information content (AvgIpc) is 2.93. The predicted molar refractivity (Wildman–Crippen MR) is 79.5 cm³/mol. The normalized spacial score (nSPS) is 10.3. The van der Waals surface area contributed by atoms with E-state index < -0.39 is 0 Å². The van der Waals surface area contributed by atoms with Crippen molar-refractivity contribution in [2.75, 3.05) is 11.9 Å². The lowest BCUT2D eigenvalue weighted by molar-refractivity contribution is 0.102. The maximum Gasteiger partial charge on any atom is 0.261 e. The summed E-state index contributed by atoms with van der Waals surface area (Å²) in [6, 6.07) is 7.19. The number of hydrogen-bond acceptors (Lipinski definition) is 5. The lowest BCUT2D eigenvalue weighted by Gasteiger charge is -2.09. The zero-order valence-corrected chi connectivity index (χ0v) is 12.4. The molecule has 0 saturated heterocycles. The Labute approximate surface area is 122 Å². The molecule has 0 bridgehead atoms. The minimum Gasteiger partial charge on any atom is -0.493 e. The highest BCUT2D eigenvalue weighted by Crippen LogP contribution is 2.21. The van der Waals surface area contributed by atoms with E-state index in [0.29, 0.717) is 23.1 Å². The number of para-hydroxylation sites is 1. The number of rotatable bonds is 6. The fourth-order valence-corrected chi connectivity index (χ4v) is 2.28. The van der Waals surface area contributed by atoms with E-state index in [1.165, 1.54) is 11.3 Å². The van der Waals surface area contributed by atoms with Crippen LogP contribution in [0.25, 0.3) is 0 Å².